The molecule has 0 radical (unpaired) electrons. The summed E-state index contributed by atoms with van der Waals surface area (Å²) in [6.45, 7) is 4.93. The number of carbonyl (C=O) groups is 2. The molecule has 3 N–H and O–H groups in total. The predicted octanol–water partition coefficient (Wildman–Crippen LogP) is 19.6. The Morgan fingerprint density at radius 1 is 0.391 bits per heavy atom. The number of unbranched alkanes of at least 4 members (excludes halogenated alkanes) is 46. The lowest BCUT2D eigenvalue weighted by atomic mass is 10.0. The van der Waals surface area contributed by atoms with E-state index in [2.05, 4.69) is 31.3 Å². The largest absolute Gasteiger partial charge is 0.466 e. The standard InChI is InChI=1S/C63H123NO5/c1-3-5-7-9-11-13-15-17-19-21-22-23-24-25-26-27-28-30-31-33-35-39-43-47-51-55-61(66)60(59-65)64-62(67)56-52-48-44-40-37-38-42-46-50-54-58-69-63(68)57-53-49-45-41-36-34-32-29-20-18-16-14-12-10-8-6-4-2/h18,20,60-61,65-66H,3-17,19,21-59H2,1-2H3,(H,64,67)/b20-18-. The molecule has 0 aliphatic heterocycles. The number of esters is 1. The Morgan fingerprint density at radius 3 is 1.03 bits per heavy atom. The summed E-state index contributed by atoms with van der Waals surface area (Å²) in [7, 11) is 0. The molecule has 0 spiro atoms. The van der Waals surface area contributed by atoms with Crippen molar-refractivity contribution in [2.24, 2.45) is 0 Å². The van der Waals surface area contributed by atoms with E-state index < -0.39 is 12.1 Å². The van der Waals surface area contributed by atoms with Gasteiger partial charge < -0.3 is 20.3 Å². The van der Waals surface area contributed by atoms with E-state index in [1.807, 2.05) is 0 Å². The van der Waals surface area contributed by atoms with Gasteiger partial charge >= 0.3 is 5.97 Å². The van der Waals surface area contributed by atoms with E-state index in [1.54, 1.807) is 0 Å². The van der Waals surface area contributed by atoms with Crippen LogP contribution in [-0.4, -0.2) is 47.4 Å². The van der Waals surface area contributed by atoms with E-state index in [0.717, 1.165) is 57.8 Å². The highest BCUT2D eigenvalue weighted by Gasteiger charge is 2.20. The topological polar surface area (TPSA) is 95.9 Å². The van der Waals surface area contributed by atoms with Gasteiger partial charge in [0.05, 0.1) is 25.4 Å². The number of carbonyl (C=O) groups excluding carboxylic acids is 2. The van der Waals surface area contributed by atoms with Crippen molar-refractivity contribution in [3.63, 3.8) is 0 Å². The van der Waals surface area contributed by atoms with E-state index in [9.17, 15) is 19.8 Å². The summed E-state index contributed by atoms with van der Waals surface area (Å²) in [6, 6.07) is -0.559. The molecule has 410 valence electrons. The molecule has 0 fully saturated rings. The van der Waals surface area contributed by atoms with E-state index in [-0.39, 0.29) is 18.5 Å². The second-order valence-electron chi connectivity index (χ2n) is 21.7. The van der Waals surface area contributed by atoms with Crippen molar-refractivity contribution in [3.8, 4) is 0 Å². The smallest absolute Gasteiger partial charge is 0.305 e. The van der Waals surface area contributed by atoms with Crippen LogP contribution < -0.4 is 5.32 Å². The van der Waals surface area contributed by atoms with Crippen LogP contribution in [0.4, 0.5) is 0 Å². The number of rotatable bonds is 59. The van der Waals surface area contributed by atoms with Gasteiger partial charge in [-0.25, -0.2) is 0 Å². The second-order valence-corrected chi connectivity index (χ2v) is 21.7. The minimum Gasteiger partial charge on any atom is -0.466 e. The summed E-state index contributed by atoms with van der Waals surface area (Å²) in [4.78, 5) is 24.6. The van der Waals surface area contributed by atoms with Crippen LogP contribution in [0.5, 0.6) is 0 Å². The molecule has 0 aromatic heterocycles. The number of amides is 1. The highest BCUT2D eigenvalue weighted by atomic mass is 16.5. The molecule has 0 heterocycles. The highest BCUT2D eigenvalue weighted by Crippen LogP contribution is 2.18. The maximum atomic E-state index is 12.5. The first-order valence-electron chi connectivity index (χ1n) is 31.4. The van der Waals surface area contributed by atoms with Gasteiger partial charge in [0.15, 0.2) is 0 Å². The zero-order chi connectivity index (χ0) is 50.0. The quantitative estimate of drug-likeness (QED) is 0.0321. The van der Waals surface area contributed by atoms with Gasteiger partial charge in [-0.3, -0.25) is 9.59 Å². The average Bonchev–Trinajstić information content (AvgIpc) is 3.35. The third-order valence-electron chi connectivity index (χ3n) is 14.8. The highest BCUT2D eigenvalue weighted by molar-refractivity contribution is 5.76. The van der Waals surface area contributed by atoms with Crippen molar-refractivity contribution < 1.29 is 24.5 Å². The SMILES string of the molecule is CCCCCCCC/C=C\CCCCCCCCCC(=O)OCCCCCCCCCCCCC(=O)NC(CO)C(O)CCCCCCCCCCCCCCCCCCCCCCCCCCC. The van der Waals surface area contributed by atoms with Crippen LogP contribution in [0.2, 0.25) is 0 Å². The molecule has 0 saturated heterocycles. The van der Waals surface area contributed by atoms with Crippen molar-refractivity contribution in [1.82, 2.24) is 5.32 Å². The fourth-order valence-corrected chi connectivity index (χ4v) is 9.99. The molecule has 0 bridgehead atoms. The first-order valence-corrected chi connectivity index (χ1v) is 31.4. The maximum Gasteiger partial charge on any atom is 0.305 e. The summed E-state index contributed by atoms with van der Waals surface area (Å²) in [5.41, 5.74) is 0. The summed E-state index contributed by atoms with van der Waals surface area (Å²) < 4.78 is 5.48. The van der Waals surface area contributed by atoms with Gasteiger partial charge in [0.1, 0.15) is 0 Å². The molecule has 2 unspecified atom stereocenters. The Labute approximate surface area is 431 Å². The van der Waals surface area contributed by atoms with Crippen LogP contribution in [0.3, 0.4) is 0 Å². The zero-order valence-corrected chi connectivity index (χ0v) is 46.8. The van der Waals surface area contributed by atoms with Crippen molar-refractivity contribution in [2.75, 3.05) is 13.2 Å². The summed E-state index contributed by atoms with van der Waals surface area (Å²) in [5, 5.41) is 23.4. The predicted molar refractivity (Wildman–Crippen MR) is 301 cm³/mol. The van der Waals surface area contributed by atoms with Crippen LogP contribution in [-0.2, 0) is 14.3 Å². The number of aliphatic hydroxyl groups excluding tert-OH is 2. The lowest BCUT2D eigenvalue weighted by Gasteiger charge is -2.22. The van der Waals surface area contributed by atoms with Crippen LogP contribution in [0.15, 0.2) is 12.2 Å². The molecule has 0 saturated carbocycles. The van der Waals surface area contributed by atoms with Gasteiger partial charge in [-0.05, 0) is 51.4 Å². The number of nitrogens with one attached hydrogen (secondary N) is 1. The summed E-state index contributed by atoms with van der Waals surface area (Å²) >= 11 is 0. The first-order chi connectivity index (χ1) is 34.0. The Morgan fingerprint density at radius 2 is 0.681 bits per heavy atom. The van der Waals surface area contributed by atoms with E-state index in [4.69, 9.17) is 4.74 Å². The molecule has 1 amide bonds. The van der Waals surface area contributed by atoms with Crippen molar-refractivity contribution in [1.29, 1.82) is 0 Å². The van der Waals surface area contributed by atoms with Gasteiger partial charge in [0.2, 0.25) is 5.91 Å². The lowest BCUT2D eigenvalue weighted by molar-refractivity contribution is -0.143. The molecule has 0 aliphatic carbocycles. The fourth-order valence-electron chi connectivity index (χ4n) is 9.99. The number of hydrogen-bond donors (Lipinski definition) is 3. The third-order valence-corrected chi connectivity index (χ3v) is 14.8. The molecule has 0 rings (SSSR count). The number of hydrogen-bond acceptors (Lipinski definition) is 5. The van der Waals surface area contributed by atoms with Crippen molar-refractivity contribution >= 4 is 11.9 Å². The minimum atomic E-state index is -0.680. The third kappa shape index (κ3) is 55.8. The number of ether oxygens (including phenoxy) is 1. The summed E-state index contributed by atoms with van der Waals surface area (Å²) in [5.74, 6) is -0.0739. The zero-order valence-electron chi connectivity index (χ0n) is 46.8. The fraction of sp³-hybridized carbons (Fsp3) is 0.937. The molecule has 6 nitrogen and oxygen atoms in total. The van der Waals surface area contributed by atoms with Crippen LogP contribution in [0, 0.1) is 0 Å². The lowest BCUT2D eigenvalue weighted by Crippen LogP contribution is -2.45. The van der Waals surface area contributed by atoms with Gasteiger partial charge in [0.25, 0.3) is 0 Å². The Kier molecular flexibility index (Phi) is 58.0. The van der Waals surface area contributed by atoms with Gasteiger partial charge in [-0.1, -0.05) is 302 Å². The van der Waals surface area contributed by atoms with Gasteiger partial charge in [-0.15, -0.1) is 0 Å². The van der Waals surface area contributed by atoms with Crippen LogP contribution >= 0.6 is 0 Å². The van der Waals surface area contributed by atoms with E-state index >= 15 is 0 Å². The first kappa shape index (κ1) is 67.6. The molecule has 6 heteroatoms. The molecular weight excluding hydrogens is 851 g/mol. The molecule has 0 aliphatic rings. The molecule has 0 aromatic carbocycles. The maximum absolute atomic E-state index is 12.5. The monoisotopic (exact) mass is 974 g/mol. The van der Waals surface area contributed by atoms with E-state index in [1.165, 1.54) is 263 Å². The number of allylic oxidation sites excluding steroid dienone is 2. The molecular formula is C63H123NO5. The van der Waals surface area contributed by atoms with Crippen LogP contribution in [0.25, 0.3) is 0 Å². The second kappa shape index (κ2) is 59.2. The Hall–Kier alpha value is -1.40. The average molecular weight is 975 g/mol. The van der Waals surface area contributed by atoms with Crippen molar-refractivity contribution in [2.45, 2.75) is 366 Å². The van der Waals surface area contributed by atoms with Gasteiger partial charge in [-0.2, -0.15) is 0 Å². The van der Waals surface area contributed by atoms with Crippen molar-refractivity contribution in [3.05, 3.63) is 12.2 Å². The van der Waals surface area contributed by atoms with Gasteiger partial charge in [0, 0.05) is 12.8 Å². The summed E-state index contributed by atoms with van der Waals surface area (Å²) in [6.07, 6.45) is 70.7. The normalized spacial score (nSPS) is 12.6. The molecule has 0 aromatic rings. The Balaban J connectivity index is 3.44. The molecule has 69 heavy (non-hydrogen) atoms. The van der Waals surface area contributed by atoms with E-state index in [0.29, 0.717) is 25.9 Å². The minimum absolute atomic E-state index is 0.0205. The Bertz CT molecular complexity index is 1030. The molecule has 2 atom stereocenters. The van der Waals surface area contributed by atoms with Crippen LogP contribution in [0.1, 0.15) is 354 Å². The number of aliphatic hydroxyl groups is 2.